The van der Waals surface area contributed by atoms with E-state index in [9.17, 15) is 9.59 Å². The molecule has 98 valence electrons. The number of rotatable bonds is 5. The molecule has 0 heterocycles. The maximum absolute atomic E-state index is 11.6. The molecule has 0 saturated heterocycles. The molecule has 0 aliphatic rings. The van der Waals surface area contributed by atoms with Gasteiger partial charge in [0.2, 0.25) is 5.91 Å². The van der Waals surface area contributed by atoms with E-state index in [-0.39, 0.29) is 18.7 Å². The summed E-state index contributed by atoms with van der Waals surface area (Å²) in [6.07, 6.45) is -0.231. The van der Waals surface area contributed by atoms with E-state index in [1.165, 1.54) is 7.11 Å². The van der Waals surface area contributed by atoms with Crippen LogP contribution in [0.2, 0.25) is 0 Å². The fourth-order valence-corrected chi connectivity index (χ4v) is 1.67. The number of aliphatic carboxylic acids is 1. The Morgan fingerprint density at radius 2 is 1.94 bits per heavy atom. The molecule has 0 atom stereocenters. The smallest absolute Gasteiger partial charge is 0.303 e. The molecular formula is C13H17NO4. The second-order valence-electron chi connectivity index (χ2n) is 4.10. The van der Waals surface area contributed by atoms with Gasteiger partial charge in [-0.2, -0.15) is 0 Å². The Labute approximate surface area is 106 Å². The maximum atomic E-state index is 11.6. The zero-order valence-electron chi connectivity index (χ0n) is 10.7. The van der Waals surface area contributed by atoms with E-state index >= 15 is 0 Å². The van der Waals surface area contributed by atoms with Crippen molar-refractivity contribution in [3.8, 4) is 5.75 Å². The molecule has 0 unspecified atom stereocenters. The van der Waals surface area contributed by atoms with Crippen molar-refractivity contribution >= 4 is 17.6 Å². The Morgan fingerprint density at radius 1 is 1.28 bits per heavy atom. The maximum Gasteiger partial charge on any atom is 0.303 e. The molecule has 0 aliphatic heterocycles. The van der Waals surface area contributed by atoms with Gasteiger partial charge in [-0.05, 0) is 31.0 Å². The Kier molecular flexibility index (Phi) is 4.71. The van der Waals surface area contributed by atoms with Crippen molar-refractivity contribution in [2.24, 2.45) is 0 Å². The van der Waals surface area contributed by atoms with Crippen LogP contribution in [0.3, 0.4) is 0 Å². The Hall–Kier alpha value is -2.04. The van der Waals surface area contributed by atoms with Crippen LogP contribution in [0.15, 0.2) is 12.1 Å². The summed E-state index contributed by atoms with van der Waals surface area (Å²) in [7, 11) is 1.53. The van der Waals surface area contributed by atoms with Crippen molar-refractivity contribution in [2.45, 2.75) is 26.7 Å². The predicted molar refractivity (Wildman–Crippen MR) is 68.0 cm³/mol. The van der Waals surface area contributed by atoms with E-state index in [0.29, 0.717) is 11.4 Å². The molecule has 2 N–H and O–H groups in total. The molecule has 0 aromatic heterocycles. The fourth-order valence-electron chi connectivity index (χ4n) is 1.67. The lowest BCUT2D eigenvalue weighted by molar-refractivity contribution is -0.138. The Morgan fingerprint density at radius 3 is 2.50 bits per heavy atom. The van der Waals surface area contributed by atoms with Crippen LogP contribution in [0.25, 0.3) is 0 Å². The number of carbonyl (C=O) groups excluding carboxylic acids is 1. The molecule has 0 bridgehead atoms. The highest BCUT2D eigenvalue weighted by Gasteiger charge is 2.12. The summed E-state index contributed by atoms with van der Waals surface area (Å²) in [5, 5.41) is 11.2. The molecule has 5 nitrogen and oxygen atoms in total. The van der Waals surface area contributed by atoms with E-state index < -0.39 is 5.97 Å². The number of ether oxygens (including phenoxy) is 1. The van der Waals surface area contributed by atoms with Crippen LogP contribution < -0.4 is 10.1 Å². The third kappa shape index (κ3) is 3.76. The number of carboxylic acids is 1. The van der Waals surface area contributed by atoms with Crippen molar-refractivity contribution in [2.75, 3.05) is 12.4 Å². The summed E-state index contributed by atoms with van der Waals surface area (Å²) < 4.78 is 5.20. The number of carbonyl (C=O) groups is 2. The fraction of sp³-hybridized carbons (Fsp3) is 0.385. The molecule has 0 saturated carbocycles. The number of amides is 1. The van der Waals surface area contributed by atoms with Crippen LogP contribution in [-0.2, 0) is 9.59 Å². The molecule has 1 rings (SSSR count). The summed E-state index contributed by atoms with van der Waals surface area (Å²) in [6, 6.07) is 3.75. The van der Waals surface area contributed by atoms with Gasteiger partial charge in [-0.15, -0.1) is 0 Å². The first-order valence-electron chi connectivity index (χ1n) is 5.61. The van der Waals surface area contributed by atoms with Gasteiger partial charge in [-0.3, -0.25) is 9.59 Å². The number of nitrogens with one attached hydrogen (secondary N) is 1. The number of aryl methyl sites for hydroxylation is 2. The molecule has 0 spiro atoms. The minimum absolute atomic E-state index is 0.0498. The largest absolute Gasteiger partial charge is 0.495 e. The normalized spacial score (nSPS) is 9.94. The summed E-state index contributed by atoms with van der Waals surface area (Å²) >= 11 is 0. The number of carboxylic acid groups (broad SMARTS) is 1. The van der Waals surface area contributed by atoms with Gasteiger partial charge in [-0.1, -0.05) is 6.07 Å². The van der Waals surface area contributed by atoms with Gasteiger partial charge in [0.05, 0.1) is 19.2 Å². The topological polar surface area (TPSA) is 75.6 Å². The first kappa shape index (κ1) is 14.0. The van der Waals surface area contributed by atoms with Gasteiger partial charge >= 0.3 is 5.97 Å². The average molecular weight is 251 g/mol. The molecule has 18 heavy (non-hydrogen) atoms. The average Bonchev–Trinajstić information content (AvgIpc) is 2.29. The minimum atomic E-state index is -0.988. The lowest BCUT2D eigenvalue weighted by atomic mass is 10.1. The predicted octanol–water partition coefficient (Wildman–Crippen LogP) is 2.12. The van der Waals surface area contributed by atoms with Gasteiger partial charge in [0.25, 0.3) is 0 Å². The van der Waals surface area contributed by atoms with E-state index in [1.54, 1.807) is 0 Å². The Bertz CT molecular complexity index is 468. The van der Waals surface area contributed by atoms with E-state index in [2.05, 4.69) is 5.32 Å². The third-order valence-electron chi connectivity index (χ3n) is 2.49. The number of anilines is 1. The highest BCUT2D eigenvalue weighted by atomic mass is 16.5. The molecule has 1 aromatic carbocycles. The Balaban J connectivity index is 2.83. The number of hydrogen-bond acceptors (Lipinski definition) is 3. The molecule has 5 heteroatoms. The standard InChI is InChI=1S/C13H17NO4/c1-8-6-9(2)13(10(7-8)18-3)14-11(15)4-5-12(16)17/h6-7H,4-5H2,1-3H3,(H,14,15)(H,16,17). The van der Waals surface area contributed by atoms with Crippen molar-refractivity contribution in [3.05, 3.63) is 23.3 Å². The summed E-state index contributed by atoms with van der Waals surface area (Å²) in [6.45, 7) is 3.80. The monoisotopic (exact) mass is 251 g/mol. The molecule has 0 fully saturated rings. The SMILES string of the molecule is COc1cc(C)cc(C)c1NC(=O)CCC(=O)O. The van der Waals surface area contributed by atoms with Gasteiger partial charge in [0, 0.05) is 6.42 Å². The molecule has 1 aromatic rings. The summed E-state index contributed by atoms with van der Waals surface area (Å²) in [5.74, 6) is -0.739. The lowest BCUT2D eigenvalue weighted by Gasteiger charge is -2.13. The van der Waals surface area contributed by atoms with Gasteiger partial charge in [-0.25, -0.2) is 0 Å². The van der Waals surface area contributed by atoms with Crippen LogP contribution in [0, 0.1) is 13.8 Å². The van der Waals surface area contributed by atoms with Gasteiger partial charge in [0.1, 0.15) is 5.75 Å². The highest BCUT2D eigenvalue weighted by molar-refractivity contribution is 5.94. The van der Waals surface area contributed by atoms with Crippen LogP contribution in [0.1, 0.15) is 24.0 Å². The zero-order chi connectivity index (χ0) is 13.7. The quantitative estimate of drug-likeness (QED) is 0.840. The van der Waals surface area contributed by atoms with Crippen LogP contribution in [-0.4, -0.2) is 24.1 Å². The van der Waals surface area contributed by atoms with Crippen LogP contribution in [0.5, 0.6) is 5.75 Å². The second kappa shape index (κ2) is 6.05. The van der Waals surface area contributed by atoms with Crippen molar-refractivity contribution < 1.29 is 19.4 Å². The highest BCUT2D eigenvalue weighted by Crippen LogP contribution is 2.29. The zero-order valence-corrected chi connectivity index (χ0v) is 10.7. The molecule has 0 radical (unpaired) electrons. The van der Waals surface area contributed by atoms with E-state index in [1.807, 2.05) is 26.0 Å². The van der Waals surface area contributed by atoms with E-state index in [0.717, 1.165) is 11.1 Å². The van der Waals surface area contributed by atoms with Gasteiger partial charge < -0.3 is 15.2 Å². The van der Waals surface area contributed by atoms with Crippen molar-refractivity contribution in [1.29, 1.82) is 0 Å². The molecule has 1 amide bonds. The number of hydrogen-bond donors (Lipinski definition) is 2. The second-order valence-corrected chi connectivity index (χ2v) is 4.10. The molecular weight excluding hydrogens is 234 g/mol. The van der Waals surface area contributed by atoms with Crippen molar-refractivity contribution in [1.82, 2.24) is 0 Å². The number of benzene rings is 1. The first-order valence-corrected chi connectivity index (χ1v) is 5.61. The van der Waals surface area contributed by atoms with E-state index in [4.69, 9.17) is 9.84 Å². The summed E-state index contributed by atoms with van der Waals surface area (Å²) in [5.41, 5.74) is 2.52. The van der Waals surface area contributed by atoms with Gasteiger partial charge in [0.15, 0.2) is 0 Å². The molecule has 0 aliphatic carbocycles. The first-order chi connectivity index (χ1) is 8.43. The number of methoxy groups -OCH3 is 1. The minimum Gasteiger partial charge on any atom is -0.495 e. The van der Waals surface area contributed by atoms with Crippen LogP contribution >= 0.6 is 0 Å². The van der Waals surface area contributed by atoms with Crippen LogP contribution in [0.4, 0.5) is 5.69 Å². The summed E-state index contributed by atoms with van der Waals surface area (Å²) in [4.78, 5) is 22.0. The third-order valence-corrected chi connectivity index (χ3v) is 2.49. The lowest BCUT2D eigenvalue weighted by Crippen LogP contribution is -2.14. The van der Waals surface area contributed by atoms with Crippen molar-refractivity contribution in [3.63, 3.8) is 0 Å².